The van der Waals surface area contributed by atoms with Crippen LogP contribution in [0, 0.1) is 11.3 Å². The maximum Gasteiger partial charge on any atom is 0.272 e. The summed E-state index contributed by atoms with van der Waals surface area (Å²) in [5, 5.41) is 16.4. The molecular weight excluding hydrogens is 344 g/mol. The highest BCUT2D eigenvalue weighted by Crippen LogP contribution is 2.27. The van der Waals surface area contributed by atoms with E-state index >= 15 is 0 Å². The molecule has 0 fully saturated rings. The number of carbonyl (C=O) groups is 1. The third kappa shape index (κ3) is 3.61. The van der Waals surface area contributed by atoms with Crippen LogP contribution in [0.2, 0.25) is 0 Å². The zero-order valence-electron chi connectivity index (χ0n) is 15.3. The van der Waals surface area contributed by atoms with E-state index in [4.69, 9.17) is 14.7 Å². The van der Waals surface area contributed by atoms with E-state index in [0.29, 0.717) is 30.2 Å². The molecule has 0 saturated carbocycles. The van der Waals surface area contributed by atoms with Crippen LogP contribution in [-0.4, -0.2) is 34.4 Å². The van der Waals surface area contributed by atoms with Crippen LogP contribution in [0.1, 0.15) is 47.8 Å². The summed E-state index contributed by atoms with van der Waals surface area (Å²) in [5.74, 6) is 1.20. The molecule has 0 spiro atoms. The normalized spacial score (nSPS) is 20.4. The summed E-state index contributed by atoms with van der Waals surface area (Å²) in [5.41, 5.74) is 1.88. The van der Waals surface area contributed by atoms with Crippen molar-refractivity contribution in [2.45, 2.75) is 51.3 Å². The van der Waals surface area contributed by atoms with Gasteiger partial charge in [0.05, 0.1) is 17.7 Å². The number of hydrogen-bond acceptors (Lipinski definition) is 5. The number of fused-ring (bicyclic) bond motifs is 2. The molecule has 0 bridgehead atoms. The Morgan fingerprint density at radius 2 is 2.33 bits per heavy atom. The predicted molar refractivity (Wildman–Crippen MR) is 97.8 cm³/mol. The molecule has 1 aromatic heterocycles. The number of hydrogen-bond donors (Lipinski definition) is 1. The number of benzene rings is 1. The van der Waals surface area contributed by atoms with E-state index < -0.39 is 0 Å². The molecule has 140 valence electrons. The van der Waals surface area contributed by atoms with E-state index in [1.807, 2.05) is 6.07 Å². The minimum atomic E-state index is -0.235. The van der Waals surface area contributed by atoms with E-state index in [1.165, 1.54) is 0 Å². The number of nitriles is 1. The maximum absolute atomic E-state index is 12.6. The summed E-state index contributed by atoms with van der Waals surface area (Å²) >= 11 is 0. The van der Waals surface area contributed by atoms with Crippen molar-refractivity contribution in [3.05, 3.63) is 41.1 Å². The first-order chi connectivity index (χ1) is 13.2. The maximum atomic E-state index is 12.6. The molecule has 0 saturated heterocycles. The van der Waals surface area contributed by atoms with Gasteiger partial charge in [0.2, 0.25) is 5.88 Å². The van der Waals surface area contributed by atoms with Crippen LogP contribution in [0.4, 0.5) is 0 Å². The van der Waals surface area contributed by atoms with Crippen molar-refractivity contribution in [3.8, 4) is 17.7 Å². The minimum absolute atomic E-state index is 0.161. The summed E-state index contributed by atoms with van der Waals surface area (Å²) < 4.78 is 13.4. The van der Waals surface area contributed by atoms with Crippen LogP contribution in [0.15, 0.2) is 24.3 Å². The number of aromatic nitrogens is 2. The SMILES string of the molecule is CCCC1CCn2nc(C(=O)N[C@H]3COc4ccc(C#N)cc4C3)cc2O1. The van der Waals surface area contributed by atoms with Gasteiger partial charge in [0, 0.05) is 19.0 Å². The van der Waals surface area contributed by atoms with E-state index in [-0.39, 0.29) is 18.1 Å². The topological polar surface area (TPSA) is 89.2 Å². The molecule has 27 heavy (non-hydrogen) atoms. The van der Waals surface area contributed by atoms with Crippen LogP contribution in [-0.2, 0) is 13.0 Å². The second-order valence-electron chi connectivity index (χ2n) is 7.03. The summed E-state index contributed by atoms with van der Waals surface area (Å²) in [4.78, 5) is 12.6. The Hall–Kier alpha value is -3.01. The smallest absolute Gasteiger partial charge is 0.272 e. The van der Waals surface area contributed by atoms with Crippen LogP contribution >= 0.6 is 0 Å². The molecule has 2 aliphatic rings. The van der Waals surface area contributed by atoms with Crippen molar-refractivity contribution >= 4 is 5.91 Å². The lowest BCUT2D eigenvalue weighted by atomic mass is 10.0. The summed E-state index contributed by atoms with van der Waals surface area (Å²) in [6, 6.07) is 9.03. The predicted octanol–water partition coefficient (Wildman–Crippen LogP) is 2.44. The molecule has 7 nitrogen and oxygen atoms in total. The van der Waals surface area contributed by atoms with Crippen LogP contribution in [0.25, 0.3) is 0 Å². The molecular formula is C20H22N4O3. The van der Waals surface area contributed by atoms with E-state index in [9.17, 15) is 4.79 Å². The molecule has 1 N–H and O–H groups in total. The average molecular weight is 366 g/mol. The number of rotatable bonds is 4. The first-order valence-corrected chi connectivity index (χ1v) is 9.37. The Balaban J connectivity index is 1.42. The number of amides is 1. The molecule has 2 aliphatic heterocycles. The number of aryl methyl sites for hydroxylation is 1. The van der Waals surface area contributed by atoms with E-state index in [1.54, 1.807) is 22.9 Å². The molecule has 7 heteroatoms. The van der Waals surface area contributed by atoms with Crippen molar-refractivity contribution in [3.63, 3.8) is 0 Å². The van der Waals surface area contributed by atoms with Gasteiger partial charge in [-0.2, -0.15) is 10.4 Å². The lowest BCUT2D eigenvalue weighted by Crippen LogP contribution is -2.42. The number of nitrogens with one attached hydrogen (secondary N) is 1. The number of carbonyl (C=O) groups excluding carboxylic acids is 1. The molecule has 0 aliphatic carbocycles. The Labute approximate surface area is 157 Å². The van der Waals surface area contributed by atoms with Crippen molar-refractivity contribution in [2.75, 3.05) is 6.61 Å². The van der Waals surface area contributed by atoms with Crippen LogP contribution < -0.4 is 14.8 Å². The first-order valence-electron chi connectivity index (χ1n) is 9.37. The van der Waals surface area contributed by atoms with Gasteiger partial charge in [-0.25, -0.2) is 4.68 Å². The Morgan fingerprint density at radius 1 is 1.44 bits per heavy atom. The van der Waals surface area contributed by atoms with E-state index in [2.05, 4.69) is 23.4 Å². The molecule has 0 radical (unpaired) electrons. The fourth-order valence-corrected chi connectivity index (χ4v) is 3.60. The molecule has 2 atom stereocenters. The highest BCUT2D eigenvalue weighted by molar-refractivity contribution is 5.92. The monoisotopic (exact) mass is 366 g/mol. The Bertz CT molecular complexity index is 899. The Morgan fingerprint density at radius 3 is 3.15 bits per heavy atom. The fraction of sp³-hybridized carbons (Fsp3) is 0.450. The first kappa shape index (κ1) is 17.4. The standard InChI is InChI=1S/C20H22N4O3/c1-2-3-16-6-7-24-19(27-16)10-17(23-24)20(25)22-15-9-14-8-13(11-21)4-5-18(14)26-12-15/h4-5,8,10,15-16H,2-3,6-7,9,12H2,1H3,(H,22,25)/t15-,16?/m1/s1. The quantitative estimate of drug-likeness (QED) is 0.898. The van der Waals surface area contributed by atoms with Gasteiger partial charge in [0.1, 0.15) is 18.5 Å². The van der Waals surface area contributed by atoms with Gasteiger partial charge in [0.25, 0.3) is 5.91 Å². The molecule has 3 heterocycles. The van der Waals surface area contributed by atoms with Crippen molar-refractivity contribution in [1.82, 2.24) is 15.1 Å². The second kappa shape index (κ2) is 7.31. The van der Waals surface area contributed by atoms with Crippen LogP contribution in [0.3, 0.4) is 0 Å². The van der Waals surface area contributed by atoms with Crippen molar-refractivity contribution in [1.29, 1.82) is 5.26 Å². The number of ether oxygens (including phenoxy) is 2. The van der Waals surface area contributed by atoms with E-state index in [0.717, 1.165) is 37.1 Å². The third-order valence-corrected chi connectivity index (χ3v) is 4.97. The molecule has 1 amide bonds. The minimum Gasteiger partial charge on any atom is -0.491 e. The zero-order valence-corrected chi connectivity index (χ0v) is 15.3. The van der Waals surface area contributed by atoms with Crippen molar-refractivity contribution in [2.24, 2.45) is 0 Å². The van der Waals surface area contributed by atoms with Gasteiger partial charge >= 0.3 is 0 Å². The fourth-order valence-electron chi connectivity index (χ4n) is 3.60. The van der Waals surface area contributed by atoms with Gasteiger partial charge in [-0.05, 0) is 36.6 Å². The van der Waals surface area contributed by atoms with Crippen LogP contribution in [0.5, 0.6) is 11.6 Å². The second-order valence-corrected chi connectivity index (χ2v) is 7.03. The molecule has 4 rings (SSSR count). The molecule has 1 aromatic carbocycles. The third-order valence-electron chi connectivity index (χ3n) is 4.97. The van der Waals surface area contributed by atoms with Gasteiger partial charge in [-0.3, -0.25) is 4.79 Å². The largest absolute Gasteiger partial charge is 0.491 e. The van der Waals surface area contributed by atoms with Crippen molar-refractivity contribution < 1.29 is 14.3 Å². The zero-order chi connectivity index (χ0) is 18.8. The number of nitrogens with zero attached hydrogens (tertiary/aromatic N) is 3. The molecule has 1 unspecified atom stereocenters. The lowest BCUT2D eigenvalue weighted by Gasteiger charge is -2.25. The highest BCUT2D eigenvalue weighted by atomic mass is 16.5. The average Bonchev–Trinajstić information content (AvgIpc) is 3.11. The summed E-state index contributed by atoms with van der Waals surface area (Å²) in [6.07, 6.45) is 3.82. The lowest BCUT2D eigenvalue weighted by molar-refractivity contribution is 0.0909. The van der Waals surface area contributed by atoms with Gasteiger partial charge in [0.15, 0.2) is 5.69 Å². The summed E-state index contributed by atoms with van der Waals surface area (Å²) in [7, 11) is 0. The highest BCUT2D eigenvalue weighted by Gasteiger charge is 2.26. The van der Waals surface area contributed by atoms with Gasteiger partial charge in [-0.1, -0.05) is 13.3 Å². The van der Waals surface area contributed by atoms with Gasteiger partial charge < -0.3 is 14.8 Å². The van der Waals surface area contributed by atoms with Gasteiger partial charge in [-0.15, -0.1) is 0 Å². The molecule has 2 aromatic rings. The summed E-state index contributed by atoms with van der Waals surface area (Å²) in [6.45, 7) is 3.30. The Kier molecular flexibility index (Phi) is 4.71.